The van der Waals surface area contributed by atoms with Crippen molar-refractivity contribution in [1.82, 2.24) is 19.8 Å². The second kappa shape index (κ2) is 8.74. The Morgan fingerprint density at radius 3 is 2.82 bits per heavy atom. The predicted octanol–water partition coefficient (Wildman–Crippen LogP) is 1.81. The van der Waals surface area contributed by atoms with Crippen molar-refractivity contribution < 1.29 is 9.53 Å². The molecule has 2 aliphatic heterocycles. The number of nitrogens with zero attached hydrogens (tertiary/aromatic N) is 3. The van der Waals surface area contributed by atoms with E-state index in [-0.39, 0.29) is 17.4 Å². The second-order valence-electron chi connectivity index (χ2n) is 8.46. The van der Waals surface area contributed by atoms with Gasteiger partial charge in [-0.2, -0.15) is 0 Å². The lowest BCUT2D eigenvalue weighted by Gasteiger charge is -2.37. The zero-order valence-electron chi connectivity index (χ0n) is 16.9. The van der Waals surface area contributed by atoms with Crippen LogP contribution in [-0.2, 0) is 22.5 Å². The summed E-state index contributed by atoms with van der Waals surface area (Å²) in [6, 6.07) is 0.645. The SMILES string of the molecule is COCCC(=O)N1CCC(c2nc3c(c(=O)[nH]2)CCN(C2CCCCC2)C3)C1. The highest BCUT2D eigenvalue weighted by Gasteiger charge is 2.31. The monoisotopic (exact) mass is 388 g/mol. The molecule has 28 heavy (non-hydrogen) atoms. The van der Waals surface area contributed by atoms with Crippen LogP contribution in [0.15, 0.2) is 4.79 Å². The average molecular weight is 389 g/mol. The third kappa shape index (κ3) is 4.15. The molecule has 0 bridgehead atoms. The Morgan fingerprint density at radius 1 is 1.21 bits per heavy atom. The maximum absolute atomic E-state index is 12.7. The summed E-state index contributed by atoms with van der Waals surface area (Å²) in [5.74, 6) is 0.999. The van der Waals surface area contributed by atoms with Gasteiger partial charge < -0.3 is 14.6 Å². The minimum atomic E-state index is 0.0208. The average Bonchev–Trinajstić information content (AvgIpc) is 3.22. The van der Waals surface area contributed by atoms with Gasteiger partial charge in [0, 0.05) is 50.8 Å². The second-order valence-corrected chi connectivity index (χ2v) is 8.46. The fourth-order valence-corrected chi connectivity index (χ4v) is 4.99. The van der Waals surface area contributed by atoms with Gasteiger partial charge in [0.1, 0.15) is 5.82 Å². The molecule has 1 unspecified atom stereocenters. The van der Waals surface area contributed by atoms with E-state index in [1.807, 2.05) is 4.90 Å². The van der Waals surface area contributed by atoms with Crippen molar-refractivity contribution in [2.24, 2.45) is 0 Å². The highest BCUT2D eigenvalue weighted by Crippen LogP contribution is 2.28. The number of hydrogen-bond donors (Lipinski definition) is 1. The highest BCUT2D eigenvalue weighted by atomic mass is 16.5. The highest BCUT2D eigenvalue weighted by molar-refractivity contribution is 5.76. The van der Waals surface area contributed by atoms with Crippen molar-refractivity contribution in [3.05, 3.63) is 27.4 Å². The Labute approximate surface area is 166 Å². The standard InChI is InChI=1S/C21H32N4O3/c1-28-12-9-19(26)25-10-7-15(13-25)20-22-18-14-24(16-5-3-2-4-6-16)11-8-17(18)21(27)23-20/h15-16H,2-14H2,1H3,(H,22,23,27). The first kappa shape index (κ1) is 19.6. The fraction of sp³-hybridized carbons (Fsp3) is 0.762. The van der Waals surface area contributed by atoms with Gasteiger partial charge in [0.05, 0.1) is 18.7 Å². The van der Waals surface area contributed by atoms with E-state index in [1.54, 1.807) is 7.11 Å². The number of carbonyl (C=O) groups excluding carboxylic acids is 1. The Morgan fingerprint density at radius 2 is 2.04 bits per heavy atom. The molecule has 3 heterocycles. The molecule has 1 atom stereocenters. The first-order valence-electron chi connectivity index (χ1n) is 10.8. The molecule has 4 rings (SSSR count). The number of hydrogen-bond acceptors (Lipinski definition) is 5. The van der Waals surface area contributed by atoms with E-state index in [2.05, 4.69) is 9.88 Å². The number of fused-ring (bicyclic) bond motifs is 1. The van der Waals surface area contributed by atoms with Gasteiger partial charge in [-0.1, -0.05) is 19.3 Å². The minimum Gasteiger partial charge on any atom is -0.384 e. The molecule has 1 N–H and O–H groups in total. The summed E-state index contributed by atoms with van der Waals surface area (Å²) in [5, 5.41) is 0. The molecule has 1 aromatic rings. The quantitative estimate of drug-likeness (QED) is 0.832. The van der Waals surface area contributed by atoms with Gasteiger partial charge in [0.25, 0.3) is 5.56 Å². The van der Waals surface area contributed by atoms with Gasteiger partial charge in [0.15, 0.2) is 0 Å². The Kier molecular flexibility index (Phi) is 6.11. The zero-order valence-corrected chi connectivity index (χ0v) is 16.9. The molecule has 3 aliphatic rings. The molecule has 1 aliphatic carbocycles. The molecule has 1 aromatic heterocycles. The summed E-state index contributed by atoms with van der Waals surface area (Å²) < 4.78 is 5.01. The lowest BCUT2D eigenvalue weighted by molar-refractivity contribution is -0.131. The van der Waals surface area contributed by atoms with Crippen LogP contribution >= 0.6 is 0 Å². The summed E-state index contributed by atoms with van der Waals surface area (Å²) in [6.45, 7) is 3.57. The van der Waals surface area contributed by atoms with Gasteiger partial charge in [0.2, 0.25) is 5.91 Å². The number of H-pyrrole nitrogens is 1. The lowest BCUT2D eigenvalue weighted by Crippen LogP contribution is -2.42. The normalized spacial score (nSPS) is 23.8. The van der Waals surface area contributed by atoms with Gasteiger partial charge in [-0.3, -0.25) is 14.5 Å². The van der Waals surface area contributed by atoms with Crippen LogP contribution in [0.3, 0.4) is 0 Å². The molecule has 1 amide bonds. The van der Waals surface area contributed by atoms with E-state index < -0.39 is 0 Å². The van der Waals surface area contributed by atoms with Crippen LogP contribution in [-0.4, -0.2) is 65.1 Å². The molecular weight excluding hydrogens is 356 g/mol. The Bertz CT molecular complexity index is 757. The first-order chi connectivity index (χ1) is 13.7. The van der Waals surface area contributed by atoms with Crippen molar-refractivity contribution in [3.8, 4) is 0 Å². The number of carbonyl (C=O) groups is 1. The van der Waals surface area contributed by atoms with E-state index in [0.29, 0.717) is 25.6 Å². The lowest BCUT2D eigenvalue weighted by atomic mass is 9.92. The molecule has 7 heteroatoms. The van der Waals surface area contributed by atoms with Crippen LogP contribution in [0.2, 0.25) is 0 Å². The van der Waals surface area contributed by atoms with Crippen molar-refractivity contribution in [1.29, 1.82) is 0 Å². The van der Waals surface area contributed by atoms with Crippen LogP contribution < -0.4 is 5.56 Å². The van der Waals surface area contributed by atoms with Crippen LogP contribution in [0.1, 0.15) is 67.9 Å². The number of amides is 1. The number of ether oxygens (including phenoxy) is 1. The van der Waals surface area contributed by atoms with E-state index >= 15 is 0 Å². The molecular formula is C21H32N4O3. The molecule has 7 nitrogen and oxygen atoms in total. The molecule has 2 fully saturated rings. The van der Waals surface area contributed by atoms with E-state index in [4.69, 9.17) is 9.72 Å². The number of aromatic nitrogens is 2. The van der Waals surface area contributed by atoms with Crippen molar-refractivity contribution in [3.63, 3.8) is 0 Å². The summed E-state index contributed by atoms with van der Waals surface area (Å²) in [5.41, 5.74) is 1.84. The van der Waals surface area contributed by atoms with Crippen LogP contribution in [0.4, 0.5) is 0 Å². The summed E-state index contributed by atoms with van der Waals surface area (Å²) in [7, 11) is 1.61. The summed E-state index contributed by atoms with van der Waals surface area (Å²) in [4.78, 5) is 37.2. The van der Waals surface area contributed by atoms with E-state index in [1.165, 1.54) is 32.1 Å². The molecule has 1 saturated heterocycles. The topological polar surface area (TPSA) is 78.5 Å². The predicted molar refractivity (Wildman–Crippen MR) is 106 cm³/mol. The number of likely N-dealkylation sites (tertiary alicyclic amines) is 1. The molecule has 0 radical (unpaired) electrons. The molecule has 0 aromatic carbocycles. The van der Waals surface area contributed by atoms with Crippen LogP contribution in [0.5, 0.6) is 0 Å². The van der Waals surface area contributed by atoms with Crippen LogP contribution in [0.25, 0.3) is 0 Å². The van der Waals surface area contributed by atoms with Crippen LogP contribution in [0, 0.1) is 0 Å². The third-order valence-electron chi connectivity index (χ3n) is 6.66. The van der Waals surface area contributed by atoms with Crippen molar-refractivity contribution >= 4 is 5.91 Å². The largest absolute Gasteiger partial charge is 0.384 e. The van der Waals surface area contributed by atoms with Gasteiger partial charge in [-0.15, -0.1) is 0 Å². The van der Waals surface area contributed by atoms with Gasteiger partial charge in [-0.25, -0.2) is 4.98 Å². The third-order valence-corrected chi connectivity index (χ3v) is 6.66. The number of nitrogens with one attached hydrogen (secondary N) is 1. The van der Waals surface area contributed by atoms with Crippen molar-refractivity contribution in [2.45, 2.75) is 69.9 Å². The molecule has 0 spiro atoms. The minimum absolute atomic E-state index is 0.0208. The summed E-state index contributed by atoms with van der Waals surface area (Å²) >= 11 is 0. The molecule has 154 valence electrons. The smallest absolute Gasteiger partial charge is 0.254 e. The van der Waals surface area contributed by atoms with Gasteiger partial charge in [-0.05, 0) is 25.7 Å². The first-order valence-corrected chi connectivity index (χ1v) is 10.8. The number of rotatable bonds is 5. The zero-order chi connectivity index (χ0) is 19.5. The molecule has 1 saturated carbocycles. The van der Waals surface area contributed by atoms with E-state index in [9.17, 15) is 9.59 Å². The Hall–Kier alpha value is -1.73. The van der Waals surface area contributed by atoms with Crippen molar-refractivity contribution in [2.75, 3.05) is 33.4 Å². The number of aromatic amines is 1. The Balaban J connectivity index is 1.46. The van der Waals surface area contributed by atoms with E-state index in [0.717, 1.165) is 49.6 Å². The fourth-order valence-electron chi connectivity index (χ4n) is 4.99. The number of methoxy groups -OCH3 is 1. The van der Waals surface area contributed by atoms with Gasteiger partial charge >= 0.3 is 0 Å². The maximum atomic E-state index is 12.7. The maximum Gasteiger partial charge on any atom is 0.254 e. The summed E-state index contributed by atoms with van der Waals surface area (Å²) in [6.07, 6.45) is 8.58.